The molecule has 0 unspecified atom stereocenters. The Kier molecular flexibility index (Phi) is 5.18. The molecular weight excluding hydrogens is 328 g/mol. The molecule has 0 saturated carbocycles. The van der Waals surface area contributed by atoms with Crippen LogP contribution in [0.1, 0.15) is 18.7 Å². The summed E-state index contributed by atoms with van der Waals surface area (Å²) >= 11 is 6.01. The van der Waals surface area contributed by atoms with Crippen LogP contribution in [0.3, 0.4) is 0 Å². The molecule has 1 N–H and O–H groups in total. The Morgan fingerprint density at radius 3 is 2.75 bits per heavy atom. The van der Waals surface area contributed by atoms with Crippen LogP contribution in [0.25, 0.3) is 11.4 Å². The van der Waals surface area contributed by atoms with Crippen molar-refractivity contribution in [3.05, 3.63) is 59.7 Å². The zero-order chi connectivity index (χ0) is 16.8. The highest BCUT2D eigenvalue weighted by molar-refractivity contribution is 6.33. The van der Waals surface area contributed by atoms with Gasteiger partial charge in [-0.1, -0.05) is 28.9 Å². The maximum absolute atomic E-state index is 11.9. The first-order valence-electron chi connectivity index (χ1n) is 7.50. The molecule has 0 saturated heterocycles. The average Bonchev–Trinajstić information content (AvgIpc) is 3.07. The quantitative estimate of drug-likeness (QED) is 0.737. The molecule has 122 valence electrons. The van der Waals surface area contributed by atoms with Crippen molar-refractivity contribution in [1.82, 2.24) is 15.1 Å². The van der Waals surface area contributed by atoms with E-state index in [0.29, 0.717) is 41.7 Å². The van der Waals surface area contributed by atoms with Gasteiger partial charge in [-0.2, -0.15) is 4.98 Å². The molecule has 0 aliphatic carbocycles. The van der Waals surface area contributed by atoms with Crippen molar-refractivity contribution in [3.63, 3.8) is 0 Å². The fourth-order valence-corrected chi connectivity index (χ4v) is 2.33. The van der Waals surface area contributed by atoms with Crippen LogP contribution in [-0.4, -0.2) is 21.0 Å². The lowest BCUT2D eigenvalue weighted by Gasteiger charge is -2.06. The number of hydrogen-bond acceptors (Lipinski definition) is 5. The molecule has 1 aromatic carbocycles. The fourth-order valence-electron chi connectivity index (χ4n) is 2.15. The minimum atomic E-state index is -0.100. The molecule has 0 aliphatic rings. The van der Waals surface area contributed by atoms with Crippen molar-refractivity contribution >= 4 is 23.2 Å². The summed E-state index contributed by atoms with van der Waals surface area (Å²) < 4.78 is 5.20. The lowest BCUT2D eigenvalue weighted by Crippen LogP contribution is -2.11. The number of hydrogen-bond donors (Lipinski definition) is 1. The molecule has 0 bridgehead atoms. The van der Waals surface area contributed by atoms with Gasteiger partial charge < -0.3 is 9.84 Å². The number of pyridine rings is 1. The van der Waals surface area contributed by atoms with Gasteiger partial charge in [0.25, 0.3) is 0 Å². The van der Waals surface area contributed by atoms with Crippen molar-refractivity contribution in [2.24, 2.45) is 0 Å². The summed E-state index contributed by atoms with van der Waals surface area (Å²) in [7, 11) is 0. The minimum absolute atomic E-state index is 0.100. The Bertz CT molecular complexity index is 820. The van der Waals surface area contributed by atoms with Gasteiger partial charge in [0.15, 0.2) is 0 Å². The van der Waals surface area contributed by atoms with Crippen molar-refractivity contribution in [2.75, 3.05) is 5.32 Å². The van der Waals surface area contributed by atoms with Crippen molar-refractivity contribution < 1.29 is 9.32 Å². The summed E-state index contributed by atoms with van der Waals surface area (Å²) in [6.45, 7) is 0. The molecule has 0 aliphatic heterocycles. The standard InChI is InChI=1S/C17H15ClN4O2/c18-13-4-1-2-5-14(13)20-15(23)6-3-7-16-21-17(22-24-16)12-8-10-19-11-9-12/h1-2,4-5,8-11H,3,6-7H2,(H,20,23). The van der Waals surface area contributed by atoms with Crippen LogP contribution in [0.2, 0.25) is 5.02 Å². The predicted molar refractivity (Wildman–Crippen MR) is 90.5 cm³/mol. The van der Waals surface area contributed by atoms with E-state index in [2.05, 4.69) is 20.4 Å². The van der Waals surface area contributed by atoms with E-state index in [0.717, 1.165) is 5.56 Å². The molecule has 24 heavy (non-hydrogen) atoms. The molecule has 0 fully saturated rings. The number of carbonyl (C=O) groups is 1. The van der Waals surface area contributed by atoms with Crippen LogP contribution in [0.5, 0.6) is 0 Å². The number of para-hydroxylation sites is 1. The number of amides is 1. The first-order chi connectivity index (χ1) is 11.7. The van der Waals surface area contributed by atoms with E-state index in [-0.39, 0.29) is 5.91 Å². The van der Waals surface area contributed by atoms with E-state index in [9.17, 15) is 4.79 Å². The lowest BCUT2D eigenvalue weighted by atomic mass is 10.2. The molecule has 3 aromatic rings. The fraction of sp³-hybridized carbons (Fsp3) is 0.176. The number of nitrogens with one attached hydrogen (secondary N) is 1. The van der Waals surface area contributed by atoms with Crippen LogP contribution in [0.15, 0.2) is 53.3 Å². The average molecular weight is 343 g/mol. The van der Waals surface area contributed by atoms with E-state index in [4.69, 9.17) is 16.1 Å². The highest BCUT2D eigenvalue weighted by Gasteiger charge is 2.10. The molecule has 1 amide bonds. The number of rotatable bonds is 6. The van der Waals surface area contributed by atoms with Crippen molar-refractivity contribution in [3.8, 4) is 11.4 Å². The number of aryl methyl sites for hydroxylation is 1. The van der Waals surface area contributed by atoms with Gasteiger partial charge in [-0.15, -0.1) is 0 Å². The third kappa shape index (κ3) is 4.17. The highest BCUT2D eigenvalue weighted by atomic mass is 35.5. The Hall–Kier alpha value is -2.73. The zero-order valence-electron chi connectivity index (χ0n) is 12.8. The van der Waals surface area contributed by atoms with Crippen LogP contribution >= 0.6 is 11.6 Å². The Balaban J connectivity index is 1.49. The SMILES string of the molecule is O=C(CCCc1nc(-c2ccncc2)no1)Nc1ccccc1Cl. The Morgan fingerprint density at radius 1 is 1.17 bits per heavy atom. The molecule has 3 rings (SSSR count). The minimum Gasteiger partial charge on any atom is -0.339 e. The van der Waals surface area contributed by atoms with E-state index < -0.39 is 0 Å². The first-order valence-corrected chi connectivity index (χ1v) is 7.87. The molecule has 6 nitrogen and oxygen atoms in total. The number of carbonyl (C=O) groups excluding carboxylic acids is 1. The van der Waals surface area contributed by atoms with Gasteiger partial charge in [0, 0.05) is 30.8 Å². The molecule has 2 heterocycles. The van der Waals surface area contributed by atoms with Gasteiger partial charge in [-0.25, -0.2) is 0 Å². The summed E-state index contributed by atoms with van der Waals surface area (Å²) in [6, 6.07) is 10.8. The van der Waals surface area contributed by atoms with Crippen LogP contribution in [-0.2, 0) is 11.2 Å². The van der Waals surface area contributed by atoms with Gasteiger partial charge in [-0.05, 0) is 30.7 Å². The Labute approximate surface area is 143 Å². The first kappa shape index (κ1) is 16.1. The summed E-state index contributed by atoms with van der Waals surface area (Å²) in [5.74, 6) is 0.928. The van der Waals surface area contributed by atoms with Crippen LogP contribution < -0.4 is 5.32 Å². The third-order valence-electron chi connectivity index (χ3n) is 3.35. The van der Waals surface area contributed by atoms with Gasteiger partial charge in [0.2, 0.25) is 17.6 Å². The summed E-state index contributed by atoms with van der Waals surface area (Å²) in [6.07, 6.45) is 4.83. The normalized spacial score (nSPS) is 10.5. The monoisotopic (exact) mass is 342 g/mol. The summed E-state index contributed by atoms with van der Waals surface area (Å²) in [4.78, 5) is 20.2. The number of halogens is 1. The van der Waals surface area contributed by atoms with Gasteiger partial charge >= 0.3 is 0 Å². The molecule has 0 radical (unpaired) electrons. The van der Waals surface area contributed by atoms with Gasteiger partial charge in [0.05, 0.1) is 10.7 Å². The number of benzene rings is 1. The largest absolute Gasteiger partial charge is 0.339 e. The lowest BCUT2D eigenvalue weighted by molar-refractivity contribution is -0.116. The van der Waals surface area contributed by atoms with Crippen molar-refractivity contribution in [2.45, 2.75) is 19.3 Å². The maximum Gasteiger partial charge on any atom is 0.226 e. The molecule has 2 aromatic heterocycles. The third-order valence-corrected chi connectivity index (χ3v) is 3.68. The highest BCUT2D eigenvalue weighted by Crippen LogP contribution is 2.21. The Morgan fingerprint density at radius 2 is 1.96 bits per heavy atom. The summed E-state index contributed by atoms with van der Waals surface area (Å²) in [5, 5.41) is 7.23. The molecule has 0 spiro atoms. The smallest absolute Gasteiger partial charge is 0.226 e. The van der Waals surface area contributed by atoms with E-state index in [1.54, 1.807) is 24.5 Å². The van der Waals surface area contributed by atoms with Gasteiger partial charge in [-0.3, -0.25) is 9.78 Å². The molecule has 7 heteroatoms. The van der Waals surface area contributed by atoms with Crippen molar-refractivity contribution in [1.29, 1.82) is 0 Å². The molecule has 0 atom stereocenters. The van der Waals surface area contributed by atoms with E-state index in [1.165, 1.54) is 0 Å². The van der Waals surface area contributed by atoms with Gasteiger partial charge in [0.1, 0.15) is 0 Å². The van der Waals surface area contributed by atoms with E-state index >= 15 is 0 Å². The van der Waals surface area contributed by atoms with E-state index in [1.807, 2.05) is 24.3 Å². The second-order valence-electron chi connectivity index (χ2n) is 5.13. The number of aromatic nitrogens is 3. The second kappa shape index (κ2) is 7.70. The molecular formula is C17H15ClN4O2. The zero-order valence-corrected chi connectivity index (χ0v) is 13.5. The summed E-state index contributed by atoms with van der Waals surface area (Å²) in [5.41, 5.74) is 1.46. The second-order valence-corrected chi connectivity index (χ2v) is 5.54. The topological polar surface area (TPSA) is 80.9 Å². The van der Waals surface area contributed by atoms with Crippen LogP contribution in [0.4, 0.5) is 5.69 Å². The number of anilines is 1. The number of nitrogens with zero attached hydrogens (tertiary/aromatic N) is 3. The van der Waals surface area contributed by atoms with Crippen LogP contribution in [0, 0.1) is 0 Å². The predicted octanol–water partition coefficient (Wildman–Crippen LogP) is 3.75. The maximum atomic E-state index is 11.9.